The summed E-state index contributed by atoms with van der Waals surface area (Å²) in [5, 5.41) is 14.3. The van der Waals surface area contributed by atoms with Crippen molar-refractivity contribution in [2.24, 2.45) is 0 Å². The molecule has 6 rings (SSSR count). The van der Waals surface area contributed by atoms with E-state index in [1.165, 1.54) is 11.5 Å². The first-order valence-electron chi connectivity index (χ1n) is 9.81. The van der Waals surface area contributed by atoms with E-state index in [0.717, 1.165) is 32.6 Å². The molecule has 3 heterocycles. The van der Waals surface area contributed by atoms with Crippen LogP contribution in [0.2, 0.25) is 0 Å². The maximum absolute atomic E-state index is 10.6. The zero-order valence-electron chi connectivity index (χ0n) is 16.8. The summed E-state index contributed by atoms with van der Waals surface area (Å²) in [7, 11) is 0. The predicted octanol–water partition coefficient (Wildman–Crippen LogP) is 5.87. The fraction of sp³-hybridized carbons (Fsp3) is 0. The number of para-hydroxylation sites is 1. The van der Waals surface area contributed by atoms with Gasteiger partial charge in [-0.05, 0) is 29.7 Å². The third kappa shape index (κ3) is 4.07. The summed E-state index contributed by atoms with van der Waals surface area (Å²) in [6, 6.07) is 27.3. The van der Waals surface area contributed by atoms with Gasteiger partial charge in [-0.1, -0.05) is 60.7 Å². The molecule has 5 nitrogen and oxygen atoms in total. The van der Waals surface area contributed by atoms with Gasteiger partial charge in [0.15, 0.2) is 0 Å². The monoisotopic (exact) mass is 598 g/mol. The number of hydrogen-bond acceptors (Lipinski definition) is 4. The molecule has 0 aliphatic rings. The van der Waals surface area contributed by atoms with Crippen LogP contribution >= 0.6 is 0 Å². The summed E-state index contributed by atoms with van der Waals surface area (Å²) < 4.78 is 0. The van der Waals surface area contributed by atoms with Crippen molar-refractivity contribution in [1.29, 1.82) is 0 Å². The molecule has 6 aromatic rings. The molecular formula is C26H17N3O2Pt. The van der Waals surface area contributed by atoms with Crippen LogP contribution in [0.25, 0.3) is 43.5 Å². The van der Waals surface area contributed by atoms with Crippen molar-refractivity contribution >= 4 is 49.5 Å². The van der Waals surface area contributed by atoms with Gasteiger partial charge in [0.1, 0.15) is 5.69 Å². The van der Waals surface area contributed by atoms with Gasteiger partial charge >= 0.3 is 5.97 Å². The Balaban J connectivity index is 0.000000157. The molecule has 0 fully saturated rings. The van der Waals surface area contributed by atoms with E-state index in [1.54, 1.807) is 12.1 Å². The Morgan fingerprint density at radius 3 is 1.78 bits per heavy atom. The van der Waals surface area contributed by atoms with Gasteiger partial charge in [-0.2, -0.15) is 0 Å². The molecule has 0 saturated carbocycles. The van der Waals surface area contributed by atoms with Crippen LogP contribution in [0.3, 0.4) is 0 Å². The maximum Gasteiger partial charge on any atom is 0.354 e. The number of nitrogens with zero attached hydrogens (tertiary/aromatic N) is 3. The Bertz CT molecular complexity index is 1510. The number of hydrogen-bond donors (Lipinski definition) is 1. The fourth-order valence-corrected chi connectivity index (χ4v) is 3.67. The van der Waals surface area contributed by atoms with Gasteiger partial charge in [-0.3, -0.25) is 9.97 Å². The fourth-order valence-electron chi connectivity index (χ4n) is 3.67. The molecule has 0 atom stereocenters. The van der Waals surface area contributed by atoms with E-state index >= 15 is 0 Å². The standard InChI is InChI=1S/C16H10N2.C10H7NO2.Pt/c1-3-12-7-5-11-6-8-13-4-2-10-18-16(13)14(11)15(12)17-9-1;12-10(13)9-6-5-7-3-1-2-4-8(7)11-9;/h1-10H;1-6H,(H,12,13);. The third-order valence-corrected chi connectivity index (χ3v) is 5.14. The minimum Gasteiger partial charge on any atom is -0.477 e. The van der Waals surface area contributed by atoms with E-state index in [4.69, 9.17) is 5.11 Å². The molecule has 0 amide bonds. The minimum atomic E-state index is -0.995. The molecule has 158 valence electrons. The molecule has 0 radical (unpaired) electrons. The van der Waals surface area contributed by atoms with Crippen molar-refractivity contribution in [1.82, 2.24) is 15.0 Å². The molecule has 3 aromatic heterocycles. The van der Waals surface area contributed by atoms with Crippen molar-refractivity contribution in [2.75, 3.05) is 0 Å². The Morgan fingerprint density at radius 2 is 1.16 bits per heavy atom. The van der Waals surface area contributed by atoms with Crippen LogP contribution in [0.1, 0.15) is 10.5 Å². The topological polar surface area (TPSA) is 76.0 Å². The molecule has 32 heavy (non-hydrogen) atoms. The minimum absolute atomic E-state index is 0. The average Bonchev–Trinajstić information content (AvgIpc) is 2.83. The van der Waals surface area contributed by atoms with Crippen molar-refractivity contribution in [2.45, 2.75) is 0 Å². The summed E-state index contributed by atoms with van der Waals surface area (Å²) in [6.07, 6.45) is 3.67. The number of carboxylic acids is 1. The average molecular weight is 599 g/mol. The summed E-state index contributed by atoms with van der Waals surface area (Å²) >= 11 is 0. The number of carbonyl (C=O) groups is 1. The molecule has 0 saturated heterocycles. The molecule has 0 spiro atoms. The van der Waals surface area contributed by atoms with E-state index in [2.05, 4.69) is 51.4 Å². The molecular weight excluding hydrogens is 581 g/mol. The first kappa shape index (κ1) is 21.5. The van der Waals surface area contributed by atoms with Crippen molar-refractivity contribution in [3.8, 4) is 0 Å². The van der Waals surface area contributed by atoms with Crippen molar-refractivity contribution in [3.63, 3.8) is 0 Å². The molecule has 1 N–H and O–H groups in total. The van der Waals surface area contributed by atoms with Gasteiger partial charge < -0.3 is 5.11 Å². The van der Waals surface area contributed by atoms with E-state index in [1.807, 2.05) is 42.7 Å². The van der Waals surface area contributed by atoms with Crippen LogP contribution in [-0.4, -0.2) is 26.0 Å². The van der Waals surface area contributed by atoms with Gasteiger partial charge in [0.05, 0.1) is 16.6 Å². The maximum atomic E-state index is 10.6. The van der Waals surface area contributed by atoms with Crippen LogP contribution in [0.15, 0.2) is 97.3 Å². The predicted molar refractivity (Wildman–Crippen MR) is 123 cm³/mol. The zero-order chi connectivity index (χ0) is 21.2. The number of carboxylic acid groups (broad SMARTS) is 1. The van der Waals surface area contributed by atoms with Crippen LogP contribution in [-0.2, 0) is 21.1 Å². The van der Waals surface area contributed by atoms with Crippen molar-refractivity contribution in [3.05, 3.63) is 103 Å². The Morgan fingerprint density at radius 1 is 0.625 bits per heavy atom. The number of aromatic carboxylic acids is 1. The number of pyridine rings is 3. The normalized spacial score (nSPS) is 10.5. The second-order valence-electron chi connectivity index (χ2n) is 7.07. The second-order valence-corrected chi connectivity index (χ2v) is 7.07. The van der Waals surface area contributed by atoms with E-state index in [0.29, 0.717) is 5.52 Å². The molecule has 6 heteroatoms. The molecule has 0 aliphatic heterocycles. The first-order chi connectivity index (χ1) is 15.2. The summed E-state index contributed by atoms with van der Waals surface area (Å²) in [4.78, 5) is 23.6. The van der Waals surface area contributed by atoms with E-state index < -0.39 is 5.97 Å². The largest absolute Gasteiger partial charge is 0.477 e. The first-order valence-corrected chi connectivity index (χ1v) is 9.81. The van der Waals surface area contributed by atoms with Crippen LogP contribution < -0.4 is 0 Å². The van der Waals surface area contributed by atoms with E-state index in [-0.39, 0.29) is 26.8 Å². The van der Waals surface area contributed by atoms with Gasteiger partial charge in [0.25, 0.3) is 0 Å². The summed E-state index contributed by atoms with van der Waals surface area (Å²) in [5.41, 5.74) is 2.85. The van der Waals surface area contributed by atoms with Gasteiger partial charge in [-0.25, -0.2) is 9.78 Å². The third-order valence-electron chi connectivity index (χ3n) is 5.14. The SMILES string of the molecule is O=C(O)c1ccc2ccccc2n1.[Pt].c1cnc2c(c1)ccc1ccc3cccnc3c12. The smallest absolute Gasteiger partial charge is 0.354 e. The Kier molecular flexibility index (Phi) is 6.20. The van der Waals surface area contributed by atoms with E-state index in [9.17, 15) is 4.79 Å². The molecule has 0 unspecified atom stereocenters. The number of aromatic nitrogens is 3. The quantitative estimate of drug-likeness (QED) is 0.240. The Hall–Kier alpha value is -3.69. The zero-order valence-corrected chi connectivity index (χ0v) is 19.0. The van der Waals surface area contributed by atoms with Crippen LogP contribution in [0, 0.1) is 0 Å². The Labute approximate surface area is 198 Å². The molecule has 0 bridgehead atoms. The van der Waals surface area contributed by atoms with Crippen LogP contribution in [0.4, 0.5) is 0 Å². The molecule has 3 aromatic carbocycles. The van der Waals surface area contributed by atoms with Crippen molar-refractivity contribution < 1.29 is 31.0 Å². The van der Waals surface area contributed by atoms with Gasteiger partial charge in [0, 0.05) is 55.0 Å². The van der Waals surface area contributed by atoms with Gasteiger partial charge in [0.2, 0.25) is 0 Å². The summed E-state index contributed by atoms with van der Waals surface area (Å²) in [6.45, 7) is 0. The summed E-state index contributed by atoms with van der Waals surface area (Å²) in [5.74, 6) is -0.995. The molecule has 0 aliphatic carbocycles. The van der Waals surface area contributed by atoms with Crippen LogP contribution in [0.5, 0.6) is 0 Å². The number of fused-ring (bicyclic) bond motifs is 6. The number of rotatable bonds is 1. The number of benzene rings is 3. The second kappa shape index (κ2) is 9.21. The van der Waals surface area contributed by atoms with Gasteiger partial charge in [-0.15, -0.1) is 0 Å².